The molecule has 0 bridgehead atoms. The van der Waals surface area contributed by atoms with Gasteiger partial charge in [0.1, 0.15) is 9.77 Å². The van der Waals surface area contributed by atoms with Gasteiger partial charge in [-0.1, -0.05) is 18.2 Å². The molecule has 1 saturated heterocycles. The number of carbonyl (C=O) groups excluding carboxylic acids is 1. The van der Waals surface area contributed by atoms with E-state index < -0.39 is 15.9 Å². The van der Waals surface area contributed by atoms with Crippen LogP contribution < -0.4 is 15.1 Å². The summed E-state index contributed by atoms with van der Waals surface area (Å²) in [4.78, 5) is 17.3. The zero-order valence-electron chi connectivity index (χ0n) is 18.1. The van der Waals surface area contributed by atoms with E-state index >= 15 is 0 Å². The van der Waals surface area contributed by atoms with Crippen molar-refractivity contribution in [1.29, 1.82) is 0 Å². The number of para-hydroxylation sites is 1. The van der Waals surface area contributed by atoms with Crippen LogP contribution in [0.15, 0.2) is 70.9 Å². The number of benzene rings is 2. The standard InChI is InChI=1S/C23H26N4O3S2/c1-25(2)19-10-8-18(9-11-19)24-23(28)22-21(12-17-31-22)32(29,30)27-15-13-26(14-16-27)20-6-4-3-5-7-20/h3-12,17H,13-16H2,1-2H3,(H,24,28). The van der Waals surface area contributed by atoms with Gasteiger partial charge in [-0.15, -0.1) is 11.3 Å². The van der Waals surface area contributed by atoms with Crippen LogP contribution >= 0.6 is 11.3 Å². The van der Waals surface area contributed by atoms with Gasteiger partial charge in [-0.3, -0.25) is 4.79 Å². The summed E-state index contributed by atoms with van der Waals surface area (Å²) in [7, 11) is 0.120. The van der Waals surface area contributed by atoms with Gasteiger partial charge >= 0.3 is 0 Å². The van der Waals surface area contributed by atoms with Crippen molar-refractivity contribution in [2.24, 2.45) is 0 Å². The molecule has 3 aromatic rings. The van der Waals surface area contributed by atoms with E-state index in [1.165, 1.54) is 10.4 Å². The molecule has 168 valence electrons. The number of rotatable bonds is 6. The third kappa shape index (κ3) is 4.64. The van der Waals surface area contributed by atoms with Crippen molar-refractivity contribution in [2.45, 2.75) is 4.90 Å². The van der Waals surface area contributed by atoms with E-state index in [1.807, 2.05) is 61.5 Å². The number of hydrogen-bond donors (Lipinski definition) is 1. The van der Waals surface area contributed by atoms with Crippen molar-refractivity contribution in [2.75, 3.05) is 55.4 Å². The van der Waals surface area contributed by atoms with E-state index in [0.717, 1.165) is 22.7 Å². The topological polar surface area (TPSA) is 73.0 Å². The number of carbonyl (C=O) groups is 1. The van der Waals surface area contributed by atoms with Gasteiger partial charge in [-0.05, 0) is 47.8 Å². The Balaban J connectivity index is 1.46. The predicted octanol–water partition coefficient (Wildman–Crippen LogP) is 3.58. The Morgan fingerprint density at radius 2 is 1.59 bits per heavy atom. The molecule has 0 spiro atoms. The highest BCUT2D eigenvalue weighted by atomic mass is 32.2. The molecule has 32 heavy (non-hydrogen) atoms. The summed E-state index contributed by atoms with van der Waals surface area (Å²) in [6.45, 7) is 1.96. The largest absolute Gasteiger partial charge is 0.378 e. The summed E-state index contributed by atoms with van der Waals surface area (Å²) in [6, 6.07) is 18.9. The molecule has 0 radical (unpaired) electrons. The number of nitrogens with zero attached hydrogens (tertiary/aromatic N) is 3. The van der Waals surface area contributed by atoms with E-state index in [1.54, 1.807) is 17.5 Å². The first-order valence-electron chi connectivity index (χ1n) is 10.3. The lowest BCUT2D eigenvalue weighted by Gasteiger charge is -2.35. The lowest BCUT2D eigenvalue weighted by Crippen LogP contribution is -2.48. The number of sulfonamides is 1. The molecular weight excluding hydrogens is 444 g/mol. The van der Waals surface area contributed by atoms with E-state index in [-0.39, 0.29) is 9.77 Å². The minimum Gasteiger partial charge on any atom is -0.378 e. The van der Waals surface area contributed by atoms with Crippen LogP contribution in [0, 0.1) is 0 Å². The molecule has 7 nitrogen and oxygen atoms in total. The van der Waals surface area contributed by atoms with Crippen LogP contribution in [-0.4, -0.2) is 58.9 Å². The summed E-state index contributed by atoms with van der Waals surface area (Å²) in [5.41, 5.74) is 2.71. The predicted molar refractivity (Wildman–Crippen MR) is 130 cm³/mol. The number of thiophene rings is 1. The van der Waals surface area contributed by atoms with Gasteiger partial charge in [0.15, 0.2) is 0 Å². The third-order valence-corrected chi connectivity index (χ3v) is 8.44. The summed E-state index contributed by atoms with van der Waals surface area (Å²) in [5.74, 6) is -0.418. The molecule has 0 aliphatic carbocycles. The lowest BCUT2D eigenvalue weighted by molar-refractivity contribution is 0.102. The first-order chi connectivity index (χ1) is 15.4. The SMILES string of the molecule is CN(C)c1ccc(NC(=O)c2sccc2S(=O)(=O)N2CCN(c3ccccc3)CC2)cc1. The maximum Gasteiger partial charge on any atom is 0.267 e. The van der Waals surface area contributed by atoms with Crippen molar-refractivity contribution < 1.29 is 13.2 Å². The van der Waals surface area contributed by atoms with Crippen LogP contribution in [0.25, 0.3) is 0 Å². The quantitative estimate of drug-likeness (QED) is 0.596. The van der Waals surface area contributed by atoms with Crippen molar-refractivity contribution in [3.8, 4) is 0 Å². The molecule has 0 unspecified atom stereocenters. The second kappa shape index (κ2) is 9.32. The molecule has 2 heterocycles. The van der Waals surface area contributed by atoms with Crippen LogP contribution in [0.2, 0.25) is 0 Å². The molecular formula is C23H26N4O3S2. The smallest absolute Gasteiger partial charge is 0.267 e. The molecule has 1 aliphatic heterocycles. The second-order valence-corrected chi connectivity index (χ2v) is 10.6. The Morgan fingerprint density at radius 3 is 2.22 bits per heavy atom. The van der Waals surface area contributed by atoms with Gasteiger partial charge in [-0.2, -0.15) is 4.31 Å². The number of nitrogens with one attached hydrogen (secondary N) is 1. The maximum absolute atomic E-state index is 13.3. The van der Waals surface area contributed by atoms with Gasteiger partial charge in [0.2, 0.25) is 10.0 Å². The van der Waals surface area contributed by atoms with Crippen LogP contribution in [0.3, 0.4) is 0 Å². The van der Waals surface area contributed by atoms with Crippen molar-refractivity contribution >= 4 is 44.3 Å². The Hall–Kier alpha value is -2.88. The van der Waals surface area contributed by atoms with E-state index in [2.05, 4.69) is 10.2 Å². The second-order valence-electron chi connectivity index (χ2n) is 7.74. The van der Waals surface area contributed by atoms with Crippen molar-refractivity contribution in [3.05, 3.63) is 70.9 Å². The summed E-state index contributed by atoms with van der Waals surface area (Å²) >= 11 is 1.14. The molecule has 2 aromatic carbocycles. The molecule has 1 amide bonds. The maximum atomic E-state index is 13.3. The molecule has 9 heteroatoms. The molecule has 0 atom stereocenters. The van der Waals surface area contributed by atoms with Crippen LogP contribution in [0.1, 0.15) is 9.67 Å². The summed E-state index contributed by atoms with van der Waals surface area (Å²) < 4.78 is 28.1. The van der Waals surface area contributed by atoms with Gasteiger partial charge in [-0.25, -0.2) is 8.42 Å². The Bertz CT molecular complexity index is 1170. The van der Waals surface area contributed by atoms with Crippen LogP contribution in [-0.2, 0) is 10.0 Å². The first-order valence-corrected chi connectivity index (χ1v) is 12.6. The molecule has 1 aliphatic rings. The van der Waals surface area contributed by atoms with Gasteiger partial charge < -0.3 is 15.1 Å². The van der Waals surface area contributed by atoms with Gasteiger partial charge in [0, 0.05) is 57.3 Å². The molecule has 1 fully saturated rings. The first kappa shape index (κ1) is 22.3. The average Bonchev–Trinajstić information content (AvgIpc) is 3.31. The third-order valence-electron chi connectivity index (χ3n) is 5.45. The highest BCUT2D eigenvalue weighted by Gasteiger charge is 2.32. The van der Waals surface area contributed by atoms with Crippen LogP contribution in [0.4, 0.5) is 17.1 Å². The molecule has 1 aromatic heterocycles. The Morgan fingerprint density at radius 1 is 0.938 bits per heavy atom. The molecule has 4 rings (SSSR count). The number of amides is 1. The van der Waals surface area contributed by atoms with E-state index in [0.29, 0.717) is 31.9 Å². The van der Waals surface area contributed by atoms with Crippen molar-refractivity contribution in [3.63, 3.8) is 0 Å². The lowest BCUT2D eigenvalue weighted by atomic mass is 10.2. The number of hydrogen-bond acceptors (Lipinski definition) is 6. The molecule has 0 saturated carbocycles. The normalized spacial score (nSPS) is 14.9. The van der Waals surface area contributed by atoms with Crippen LogP contribution in [0.5, 0.6) is 0 Å². The fourth-order valence-electron chi connectivity index (χ4n) is 3.66. The van der Waals surface area contributed by atoms with E-state index in [9.17, 15) is 13.2 Å². The number of piperazine rings is 1. The minimum atomic E-state index is -3.76. The molecule has 1 N–H and O–H groups in total. The fourth-order valence-corrected chi connectivity index (χ4v) is 6.38. The van der Waals surface area contributed by atoms with Crippen molar-refractivity contribution in [1.82, 2.24) is 4.31 Å². The monoisotopic (exact) mass is 470 g/mol. The fraction of sp³-hybridized carbons (Fsp3) is 0.261. The summed E-state index contributed by atoms with van der Waals surface area (Å²) in [6.07, 6.45) is 0. The zero-order chi connectivity index (χ0) is 22.7. The van der Waals surface area contributed by atoms with Gasteiger partial charge in [0.25, 0.3) is 5.91 Å². The van der Waals surface area contributed by atoms with E-state index in [4.69, 9.17) is 0 Å². The highest BCUT2D eigenvalue weighted by molar-refractivity contribution is 7.89. The average molecular weight is 471 g/mol. The number of anilines is 3. The zero-order valence-corrected chi connectivity index (χ0v) is 19.7. The minimum absolute atomic E-state index is 0.0677. The Kier molecular flexibility index (Phi) is 6.50. The highest BCUT2D eigenvalue weighted by Crippen LogP contribution is 2.28. The summed E-state index contributed by atoms with van der Waals surface area (Å²) in [5, 5.41) is 4.47. The van der Waals surface area contributed by atoms with Gasteiger partial charge in [0.05, 0.1) is 0 Å². The Labute approximate surface area is 192 Å².